The van der Waals surface area contributed by atoms with Crippen LogP contribution in [0.5, 0.6) is 0 Å². The summed E-state index contributed by atoms with van der Waals surface area (Å²) in [5, 5.41) is 3.44. The van der Waals surface area contributed by atoms with E-state index < -0.39 is 0 Å². The van der Waals surface area contributed by atoms with Crippen LogP contribution in [0.2, 0.25) is 5.02 Å². The number of nitrogens with zero attached hydrogens (tertiary/aromatic N) is 2. The van der Waals surface area contributed by atoms with E-state index in [0.717, 1.165) is 30.9 Å². The molecule has 5 heteroatoms. The standard InChI is InChI=1S/C12H14ClN3O/c1-7-2-3-16-10(4-7)12(17)15-9-5-8(13)6-14-11(9)16/h5-7,10H,2-4H2,1H3,(H,15,17). The Kier molecular flexibility index (Phi) is 2.47. The van der Waals surface area contributed by atoms with E-state index in [2.05, 4.69) is 22.1 Å². The average Bonchev–Trinajstić information content (AvgIpc) is 2.29. The molecule has 2 aliphatic heterocycles. The number of hydrogen-bond donors (Lipinski definition) is 1. The van der Waals surface area contributed by atoms with E-state index in [4.69, 9.17) is 11.6 Å². The highest BCUT2D eigenvalue weighted by molar-refractivity contribution is 6.31. The van der Waals surface area contributed by atoms with Crippen molar-refractivity contribution in [2.75, 3.05) is 16.8 Å². The van der Waals surface area contributed by atoms with Crippen LogP contribution in [0.15, 0.2) is 12.3 Å². The van der Waals surface area contributed by atoms with Crippen molar-refractivity contribution in [2.45, 2.75) is 25.8 Å². The van der Waals surface area contributed by atoms with Gasteiger partial charge in [-0.2, -0.15) is 0 Å². The third kappa shape index (κ3) is 1.76. The number of pyridine rings is 1. The summed E-state index contributed by atoms with van der Waals surface area (Å²) >= 11 is 5.89. The van der Waals surface area contributed by atoms with Crippen molar-refractivity contribution in [1.82, 2.24) is 4.98 Å². The molecular formula is C12H14ClN3O. The fraction of sp³-hybridized carbons (Fsp3) is 0.500. The largest absolute Gasteiger partial charge is 0.343 e. The van der Waals surface area contributed by atoms with Crippen LogP contribution in [0.4, 0.5) is 11.5 Å². The second-order valence-electron chi connectivity index (χ2n) is 4.85. The van der Waals surface area contributed by atoms with Crippen LogP contribution < -0.4 is 10.2 Å². The number of rotatable bonds is 0. The summed E-state index contributed by atoms with van der Waals surface area (Å²) in [5.74, 6) is 1.51. The quantitative estimate of drug-likeness (QED) is 0.770. The third-order valence-electron chi connectivity index (χ3n) is 3.53. The van der Waals surface area contributed by atoms with E-state index in [1.165, 1.54) is 0 Å². The smallest absolute Gasteiger partial charge is 0.247 e. The molecule has 0 aliphatic carbocycles. The first-order valence-electron chi connectivity index (χ1n) is 5.88. The van der Waals surface area contributed by atoms with Gasteiger partial charge in [0, 0.05) is 12.7 Å². The molecule has 2 unspecified atom stereocenters. The molecule has 1 fully saturated rings. The lowest BCUT2D eigenvalue weighted by molar-refractivity contribution is -0.118. The van der Waals surface area contributed by atoms with Crippen LogP contribution in [0.25, 0.3) is 0 Å². The molecule has 1 aromatic rings. The van der Waals surface area contributed by atoms with Gasteiger partial charge in [0.05, 0.1) is 10.7 Å². The van der Waals surface area contributed by atoms with Crippen molar-refractivity contribution in [3.8, 4) is 0 Å². The first-order valence-corrected chi connectivity index (χ1v) is 6.26. The molecule has 0 bridgehead atoms. The molecule has 4 nitrogen and oxygen atoms in total. The molecule has 2 atom stereocenters. The van der Waals surface area contributed by atoms with Gasteiger partial charge in [-0.15, -0.1) is 0 Å². The molecule has 1 amide bonds. The van der Waals surface area contributed by atoms with Gasteiger partial charge in [0.2, 0.25) is 5.91 Å². The summed E-state index contributed by atoms with van der Waals surface area (Å²) in [6.07, 6.45) is 3.63. The highest BCUT2D eigenvalue weighted by Gasteiger charge is 2.37. The van der Waals surface area contributed by atoms with Crippen LogP contribution in [0.3, 0.4) is 0 Å². The number of carbonyl (C=O) groups is 1. The zero-order valence-electron chi connectivity index (χ0n) is 9.61. The van der Waals surface area contributed by atoms with Crippen LogP contribution in [-0.4, -0.2) is 23.5 Å². The minimum absolute atomic E-state index is 0.0631. The summed E-state index contributed by atoms with van der Waals surface area (Å²) in [7, 11) is 0. The average molecular weight is 252 g/mol. The summed E-state index contributed by atoms with van der Waals surface area (Å²) in [5.41, 5.74) is 0.730. The number of piperidine rings is 1. The second kappa shape index (κ2) is 3.88. The normalized spacial score (nSPS) is 27.2. The molecule has 90 valence electrons. The summed E-state index contributed by atoms with van der Waals surface area (Å²) in [4.78, 5) is 18.5. The van der Waals surface area contributed by atoms with Gasteiger partial charge in [-0.3, -0.25) is 4.79 Å². The van der Waals surface area contributed by atoms with E-state index in [0.29, 0.717) is 10.9 Å². The fourth-order valence-corrected chi connectivity index (χ4v) is 2.77. The Morgan fingerprint density at radius 1 is 1.59 bits per heavy atom. The Morgan fingerprint density at radius 2 is 2.41 bits per heavy atom. The van der Waals surface area contributed by atoms with Gasteiger partial charge in [0.15, 0.2) is 5.82 Å². The molecule has 0 radical (unpaired) electrons. The number of halogens is 1. The van der Waals surface area contributed by atoms with Crippen LogP contribution in [0.1, 0.15) is 19.8 Å². The first kappa shape index (κ1) is 10.8. The van der Waals surface area contributed by atoms with Crippen molar-refractivity contribution in [3.63, 3.8) is 0 Å². The van der Waals surface area contributed by atoms with Crippen molar-refractivity contribution in [2.24, 2.45) is 5.92 Å². The van der Waals surface area contributed by atoms with E-state index in [1.807, 2.05) is 0 Å². The first-order chi connectivity index (χ1) is 8.15. The topological polar surface area (TPSA) is 45.2 Å². The molecule has 0 aromatic carbocycles. The highest BCUT2D eigenvalue weighted by atomic mass is 35.5. The van der Waals surface area contributed by atoms with E-state index in [9.17, 15) is 4.79 Å². The molecule has 0 saturated carbocycles. The van der Waals surface area contributed by atoms with Crippen molar-refractivity contribution >= 4 is 29.0 Å². The van der Waals surface area contributed by atoms with E-state index in [-0.39, 0.29) is 11.9 Å². The monoisotopic (exact) mass is 251 g/mol. The number of anilines is 2. The minimum atomic E-state index is -0.0695. The molecule has 1 aromatic heterocycles. The van der Waals surface area contributed by atoms with E-state index in [1.54, 1.807) is 12.3 Å². The molecule has 3 heterocycles. The summed E-state index contributed by atoms with van der Waals surface area (Å²) in [6.45, 7) is 3.08. The van der Waals surface area contributed by atoms with Gasteiger partial charge in [-0.1, -0.05) is 18.5 Å². The van der Waals surface area contributed by atoms with Crippen LogP contribution in [-0.2, 0) is 4.79 Å². The Hall–Kier alpha value is -1.29. The van der Waals surface area contributed by atoms with Crippen molar-refractivity contribution < 1.29 is 4.79 Å². The van der Waals surface area contributed by atoms with Crippen molar-refractivity contribution in [1.29, 1.82) is 0 Å². The maximum atomic E-state index is 12.0. The maximum absolute atomic E-state index is 12.0. The molecule has 2 aliphatic rings. The summed E-state index contributed by atoms with van der Waals surface area (Å²) in [6, 6.07) is 1.69. The zero-order valence-corrected chi connectivity index (χ0v) is 10.4. The lowest BCUT2D eigenvalue weighted by Gasteiger charge is -2.42. The predicted molar refractivity (Wildman–Crippen MR) is 67.4 cm³/mol. The number of fused-ring (bicyclic) bond motifs is 3. The lowest BCUT2D eigenvalue weighted by Crippen LogP contribution is -2.52. The Balaban J connectivity index is 2.02. The van der Waals surface area contributed by atoms with Gasteiger partial charge >= 0.3 is 0 Å². The molecule has 0 spiro atoms. The Morgan fingerprint density at radius 3 is 3.24 bits per heavy atom. The maximum Gasteiger partial charge on any atom is 0.247 e. The molecular weight excluding hydrogens is 238 g/mol. The number of amides is 1. The van der Waals surface area contributed by atoms with Crippen molar-refractivity contribution in [3.05, 3.63) is 17.3 Å². The lowest BCUT2D eigenvalue weighted by atomic mass is 9.90. The van der Waals surface area contributed by atoms with Crippen LogP contribution >= 0.6 is 11.6 Å². The van der Waals surface area contributed by atoms with Gasteiger partial charge in [-0.05, 0) is 24.8 Å². The second-order valence-corrected chi connectivity index (χ2v) is 5.29. The highest BCUT2D eigenvalue weighted by Crippen LogP contribution is 2.36. The molecule has 1 saturated heterocycles. The van der Waals surface area contributed by atoms with E-state index >= 15 is 0 Å². The van der Waals surface area contributed by atoms with Gasteiger partial charge in [-0.25, -0.2) is 4.98 Å². The fourth-order valence-electron chi connectivity index (χ4n) is 2.61. The Labute approximate surface area is 105 Å². The third-order valence-corrected chi connectivity index (χ3v) is 3.74. The molecule has 1 N–H and O–H groups in total. The van der Waals surface area contributed by atoms with Gasteiger partial charge < -0.3 is 10.2 Å². The number of aromatic nitrogens is 1. The van der Waals surface area contributed by atoms with Gasteiger partial charge in [0.25, 0.3) is 0 Å². The summed E-state index contributed by atoms with van der Waals surface area (Å²) < 4.78 is 0. The Bertz CT molecular complexity index is 477. The zero-order chi connectivity index (χ0) is 12.0. The minimum Gasteiger partial charge on any atom is -0.343 e. The SMILES string of the molecule is CC1CCN2c3ncc(Cl)cc3NC(=O)C2C1. The number of hydrogen-bond acceptors (Lipinski definition) is 3. The predicted octanol–water partition coefficient (Wildman–Crippen LogP) is 2.29. The molecule has 3 rings (SSSR count). The van der Waals surface area contributed by atoms with Crippen LogP contribution in [0, 0.1) is 5.92 Å². The number of nitrogens with one attached hydrogen (secondary N) is 1. The number of carbonyl (C=O) groups excluding carboxylic acids is 1. The van der Waals surface area contributed by atoms with Gasteiger partial charge in [0.1, 0.15) is 6.04 Å². The molecule has 17 heavy (non-hydrogen) atoms.